The summed E-state index contributed by atoms with van der Waals surface area (Å²) in [6.45, 7) is 4.18. The molecule has 0 atom stereocenters. The van der Waals surface area contributed by atoms with Crippen LogP contribution in [0.1, 0.15) is 13.8 Å². The second-order valence-electron chi connectivity index (χ2n) is 4.02. The summed E-state index contributed by atoms with van der Waals surface area (Å²) >= 11 is 0. The Labute approximate surface area is 82.1 Å². The van der Waals surface area contributed by atoms with E-state index in [1.54, 1.807) is 13.8 Å². The first-order valence-corrected chi connectivity index (χ1v) is 4.38. The Kier molecular flexibility index (Phi) is 2.66. The van der Waals surface area contributed by atoms with Crippen LogP contribution < -0.4 is 11.1 Å². The van der Waals surface area contributed by atoms with E-state index in [0.29, 0.717) is 13.1 Å². The van der Waals surface area contributed by atoms with Gasteiger partial charge in [0.05, 0.1) is 5.54 Å². The van der Waals surface area contributed by atoms with Gasteiger partial charge >= 0.3 is 6.09 Å². The lowest BCUT2D eigenvalue weighted by Gasteiger charge is -2.41. The molecule has 1 fully saturated rings. The van der Waals surface area contributed by atoms with Crippen molar-refractivity contribution in [1.29, 1.82) is 0 Å². The summed E-state index contributed by atoms with van der Waals surface area (Å²) in [6.07, 6.45) is -0.931. The van der Waals surface area contributed by atoms with Gasteiger partial charge in [0.1, 0.15) is 0 Å². The van der Waals surface area contributed by atoms with E-state index in [9.17, 15) is 9.59 Å². The Morgan fingerprint density at radius 1 is 1.50 bits per heavy atom. The Balaban J connectivity index is 2.36. The Morgan fingerprint density at radius 3 is 2.36 bits per heavy atom. The number of carbonyl (C=O) groups excluding carboxylic acids is 1. The maximum atomic E-state index is 10.9. The molecule has 0 saturated carbocycles. The average Bonchev–Trinajstić information content (AvgIpc) is 1.94. The van der Waals surface area contributed by atoms with Crippen LogP contribution in [0, 0.1) is 0 Å². The molecule has 0 radical (unpaired) electrons. The largest absolute Gasteiger partial charge is 0.465 e. The predicted octanol–water partition coefficient (Wildman–Crippen LogP) is -0.798. The van der Waals surface area contributed by atoms with Crippen molar-refractivity contribution in [3.8, 4) is 0 Å². The lowest BCUT2D eigenvalue weighted by atomic mass is 10.0. The molecular formula is C8H15N3O3. The molecule has 0 aromatic rings. The number of nitrogens with zero attached hydrogens (tertiary/aromatic N) is 1. The van der Waals surface area contributed by atoms with Crippen LogP contribution in [-0.2, 0) is 4.79 Å². The van der Waals surface area contributed by atoms with E-state index in [0.717, 1.165) is 0 Å². The van der Waals surface area contributed by atoms with Crippen molar-refractivity contribution in [2.24, 2.45) is 5.73 Å². The predicted molar refractivity (Wildman–Crippen MR) is 49.8 cm³/mol. The normalized spacial score (nSPS) is 17.7. The lowest BCUT2D eigenvalue weighted by molar-refractivity contribution is -0.123. The third kappa shape index (κ3) is 2.14. The van der Waals surface area contributed by atoms with Crippen LogP contribution in [0.2, 0.25) is 0 Å². The number of carbonyl (C=O) groups is 2. The van der Waals surface area contributed by atoms with Gasteiger partial charge in [0, 0.05) is 19.1 Å². The number of hydrogen-bond donors (Lipinski definition) is 3. The Morgan fingerprint density at radius 2 is 2.00 bits per heavy atom. The second kappa shape index (κ2) is 3.45. The molecule has 80 valence electrons. The molecule has 1 saturated heterocycles. The first-order chi connectivity index (χ1) is 6.33. The molecule has 0 bridgehead atoms. The fraction of sp³-hybridized carbons (Fsp3) is 0.750. The zero-order valence-corrected chi connectivity index (χ0v) is 8.28. The minimum Gasteiger partial charge on any atom is -0.465 e. The van der Waals surface area contributed by atoms with Gasteiger partial charge in [0.25, 0.3) is 0 Å². The number of rotatable bonds is 3. The van der Waals surface area contributed by atoms with Crippen molar-refractivity contribution in [2.45, 2.75) is 25.4 Å². The molecule has 6 nitrogen and oxygen atoms in total. The average molecular weight is 201 g/mol. The minimum absolute atomic E-state index is 0.0219. The molecular weight excluding hydrogens is 186 g/mol. The van der Waals surface area contributed by atoms with Gasteiger partial charge in [-0.3, -0.25) is 10.1 Å². The smallest absolute Gasteiger partial charge is 0.407 e. The maximum absolute atomic E-state index is 10.9. The number of likely N-dealkylation sites (tertiary alicyclic amines) is 1. The zero-order chi connectivity index (χ0) is 10.9. The Hall–Kier alpha value is -1.30. The van der Waals surface area contributed by atoms with E-state index in [1.165, 1.54) is 4.90 Å². The number of nitrogens with two attached hydrogens (primary N) is 1. The van der Waals surface area contributed by atoms with Crippen molar-refractivity contribution in [3.63, 3.8) is 0 Å². The molecule has 1 rings (SSSR count). The maximum Gasteiger partial charge on any atom is 0.407 e. The monoisotopic (exact) mass is 201 g/mol. The Bertz CT molecular complexity index is 259. The van der Waals surface area contributed by atoms with Crippen molar-refractivity contribution in [1.82, 2.24) is 10.2 Å². The molecule has 0 unspecified atom stereocenters. The quantitative estimate of drug-likeness (QED) is 0.557. The van der Waals surface area contributed by atoms with Crippen molar-refractivity contribution in [2.75, 3.05) is 13.1 Å². The van der Waals surface area contributed by atoms with Gasteiger partial charge in [-0.1, -0.05) is 0 Å². The summed E-state index contributed by atoms with van der Waals surface area (Å²) in [5, 5.41) is 11.6. The van der Waals surface area contributed by atoms with Gasteiger partial charge in [-0.2, -0.15) is 0 Å². The first kappa shape index (κ1) is 10.8. The van der Waals surface area contributed by atoms with Gasteiger partial charge in [-0.15, -0.1) is 0 Å². The fourth-order valence-electron chi connectivity index (χ4n) is 1.31. The van der Waals surface area contributed by atoms with Gasteiger partial charge in [0.2, 0.25) is 5.91 Å². The molecule has 14 heavy (non-hydrogen) atoms. The summed E-state index contributed by atoms with van der Waals surface area (Å²) in [7, 11) is 0. The molecule has 1 aliphatic rings. The molecule has 1 heterocycles. The highest BCUT2D eigenvalue weighted by atomic mass is 16.4. The van der Waals surface area contributed by atoms with Crippen LogP contribution in [0.4, 0.5) is 4.79 Å². The molecule has 0 spiro atoms. The van der Waals surface area contributed by atoms with Crippen LogP contribution in [0.25, 0.3) is 0 Å². The van der Waals surface area contributed by atoms with E-state index in [4.69, 9.17) is 10.8 Å². The fourth-order valence-corrected chi connectivity index (χ4v) is 1.31. The molecule has 6 heteroatoms. The molecule has 1 aliphatic heterocycles. The van der Waals surface area contributed by atoms with Crippen LogP contribution in [0.3, 0.4) is 0 Å². The van der Waals surface area contributed by atoms with E-state index < -0.39 is 17.5 Å². The van der Waals surface area contributed by atoms with Crippen molar-refractivity contribution < 1.29 is 14.7 Å². The van der Waals surface area contributed by atoms with Gasteiger partial charge in [-0.05, 0) is 13.8 Å². The van der Waals surface area contributed by atoms with Gasteiger partial charge in [0.15, 0.2) is 0 Å². The van der Waals surface area contributed by atoms with Gasteiger partial charge < -0.3 is 15.7 Å². The van der Waals surface area contributed by atoms with Gasteiger partial charge in [-0.25, -0.2) is 4.79 Å². The van der Waals surface area contributed by atoms with E-state index in [2.05, 4.69) is 5.32 Å². The molecule has 4 N–H and O–H groups in total. The summed E-state index contributed by atoms with van der Waals surface area (Å²) in [5.74, 6) is -0.439. The third-order valence-electron chi connectivity index (χ3n) is 2.33. The highest BCUT2D eigenvalue weighted by molar-refractivity contribution is 5.83. The highest BCUT2D eigenvalue weighted by Crippen LogP contribution is 2.12. The van der Waals surface area contributed by atoms with Crippen molar-refractivity contribution >= 4 is 12.0 Å². The number of nitrogens with one attached hydrogen (secondary N) is 1. The molecule has 0 aromatic carbocycles. The topological polar surface area (TPSA) is 95.7 Å². The zero-order valence-electron chi connectivity index (χ0n) is 8.28. The number of primary amides is 1. The number of hydrogen-bond acceptors (Lipinski definition) is 3. The summed E-state index contributed by atoms with van der Waals surface area (Å²) in [4.78, 5) is 22.6. The standard InChI is InChI=1S/C8H15N3O3/c1-8(2,6(9)12)10-5-3-11(4-5)7(13)14/h5,10H,3-4H2,1-2H3,(H2,9,12)(H,13,14). The highest BCUT2D eigenvalue weighted by Gasteiger charge is 2.36. The van der Waals surface area contributed by atoms with Crippen LogP contribution in [0.15, 0.2) is 0 Å². The minimum atomic E-state index is -0.931. The molecule has 0 aliphatic carbocycles. The number of carboxylic acid groups (broad SMARTS) is 1. The van der Waals surface area contributed by atoms with Crippen molar-refractivity contribution in [3.05, 3.63) is 0 Å². The van der Waals surface area contributed by atoms with E-state index in [1.807, 2.05) is 0 Å². The first-order valence-electron chi connectivity index (χ1n) is 4.38. The lowest BCUT2D eigenvalue weighted by Crippen LogP contribution is -2.66. The van der Waals surface area contributed by atoms with Crippen LogP contribution >= 0.6 is 0 Å². The van der Waals surface area contributed by atoms with Crippen LogP contribution in [-0.4, -0.2) is 46.7 Å². The summed E-state index contributed by atoms with van der Waals surface area (Å²) < 4.78 is 0. The summed E-state index contributed by atoms with van der Waals surface area (Å²) in [6, 6.07) is 0.0219. The summed E-state index contributed by atoms with van der Waals surface area (Å²) in [5.41, 5.74) is 4.38. The second-order valence-corrected chi connectivity index (χ2v) is 4.02. The SMILES string of the molecule is CC(C)(NC1CN(C(=O)O)C1)C(N)=O. The van der Waals surface area contributed by atoms with E-state index >= 15 is 0 Å². The molecule has 0 aromatic heterocycles. The number of amides is 2. The third-order valence-corrected chi connectivity index (χ3v) is 2.33. The molecule has 2 amide bonds. The van der Waals surface area contributed by atoms with E-state index in [-0.39, 0.29) is 6.04 Å². The van der Waals surface area contributed by atoms with Crippen LogP contribution in [0.5, 0.6) is 0 Å².